The largest absolute Gasteiger partial charge is 0.493 e. The number of carbonyl (C=O) groups is 1. The lowest BCUT2D eigenvalue weighted by molar-refractivity contribution is -0.121. The number of hydrogen-bond donors (Lipinski definition) is 2. The van der Waals surface area contributed by atoms with Gasteiger partial charge in [0.05, 0.1) is 27.5 Å². The summed E-state index contributed by atoms with van der Waals surface area (Å²) in [5.41, 5.74) is 5.51. The Bertz CT molecular complexity index is 952. The Balaban J connectivity index is 1.51. The fraction of sp³-hybridized carbons (Fsp3) is 0.273. The fourth-order valence-corrected chi connectivity index (χ4v) is 3.12. The molecule has 3 aromatic rings. The van der Waals surface area contributed by atoms with Gasteiger partial charge < -0.3 is 19.2 Å². The van der Waals surface area contributed by atoms with Crippen LogP contribution in [0.3, 0.4) is 0 Å². The topological polar surface area (TPSA) is 84.9 Å². The van der Waals surface area contributed by atoms with Crippen LogP contribution in [0.25, 0.3) is 10.9 Å². The fourth-order valence-electron chi connectivity index (χ4n) is 3.12. The monoisotopic (exact) mass is 395 g/mol. The molecule has 3 rings (SSSR count). The number of methoxy groups -OCH3 is 3. The highest BCUT2D eigenvalue weighted by Gasteiger charge is 2.12. The molecule has 1 heterocycles. The number of amides is 1. The minimum atomic E-state index is -0.134. The molecule has 0 bridgehead atoms. The van der Waals surface area contributed by atoms with Crippen molar-refractivity contribution in [3.63, 3.8) is 0 Å². The molecule has 29 heavy (non-hydrogen) atoms. The van der Waals surface area contributed by atoms with E-state index in [0.717, 1.165) is 29.6 Å². The SMILES string of the molecule is COc1cc(C=NNC(=O)CCCc2cc3ccccc3[nH]2)cc(OC)c1OC. The number of para-hydroxylation sites is 1. The average Bonchev–Trinajstić information content (AvgIpc) is 3.15. The number of rotatable bonds is 9. The molecule has 2 aromatic carbocycles. The van der Waals surface area contributed by atoms with Gasteiger partial charge in [-0.25, -0.2) is 5.43 Å². The molecule has 0 saturated carbocycles. The number of nitrogens with one attached hydrogen (secondary N) is 2. The molecule has 0 spiro atoms. The van der Waals surface area contributed by atoms with Crippen LogP contribution in [0.2, 0.25) is 0 Å². The van der Waals surface area contributed by atoms with E-state index in [1.165, 1.54) is 5.39 Å². The predicted octanol–water partition coefficient (Wildman–Crippen LogP) is 3.67. The molecule has 0 fully saturated rings. The van der Waals surface area contributed by atoms with Gasteiger partial charge in [0.2, 0.25) is 11.7 Å². The van der Waals surface area contributed by atoms with E-state index in [4.69, 9.17) is 14.2 Å². The van der Waals surface area contributed by atoms with Crippen molar-refractivity contribution < 1.29 is 19.0 Å². The summed E-state index contributed by atoms with van der Waals surface area (Å²) in [5, 5.41) is 5.21. The van der Waals surface area contributed by atoms with Gasteiger partial charge in [0.25, 0.3) is 0 Å². The summed E-state index contributed by atoms with van der Waals surface area (Å²) in [6.45, 7) is 0. The second-order valence-corrected chi connectivity index (χ2v) is 6.49. The molecular formula is C22H25N3O4. The Morgan fingerprint density at radius 1 is 1.07 bits per heavy atom. The van der Waals surface area contributed by atoms with Crippen molar-refractivity contribution >= 4 is 23.0 Å². The summed E-state index contributed by atoms with van der Waals surface area (Å²) in [6, 6.07) is 13.8. The van der Waals surface area contributed by atoms with Crippen LogP contribution in [0, 0.1) is 0 Å². The molecule has 0 atom stereocenters. The van der Waals surface area contributed by atoms with Crippen LogP contribution in [-0.4, -0.2) is 38.4 Å². The number of aryl methyl sites for hydroxylation is 1. The second kappa shape index (κ2) is 9.64. The lowest BCUT2D eigenvalue weighted by Gasteiger charge is -2.12. The van der Waals surface area contributed by atoms with Crippen molar-refractivity contribution in [3.8, 4) is 17.2 Å². The summed E-state index contributed by atoms with van der Waals surface area (Å²) in [7, 11) is 4.64. The molecule has 152 valence electrons. The molecule has 1 amide bonds. The van der Waals surface area contributed by atoms with Crippen molar-refractivity contribution in [2.45, 2.75) is 19.3 Å². The summed E-state index contributed by atoms with van der Waals surface area (Å²) < 4.78 is 15.9. The van der Waals surface area contributed by atoms with E-state index in [0.29, 0.717) is 23.7 Å². The average molecular weight is 395 g/mol. The van der Waals surface area contributed by atoms with Gasteiger partial charge in [-0.05, 0) is 42.5 Å². The minimum absolute atomic E-state index is 0.134. The van der Waals surface area contributed by atoms with Crippen molar-refractivity contribution in [3.05, 3.63) is 53.7 Å². The molecule has 7 heteroatoms. The maximum atomic E-state index is 12.0. The molecule has 2 N–H and O–H groups in total. The number of fused-ring (bicyclic) bond motifs is 1. The Hall–Kier alpha value is -3.48. The molecular weight excluding hydrogens is 370 g/mol. The highest BCUT2D eigenvalue weighted by Crippen LogP contribution is 2.37. The lowest BCUT2D eigenvalue weighted by atomic mass is 10.2. The van der Waals surface area contributed by atoms with Gasteiger partial charge in [-0.15, -0.1) is 0 Å². The standard InChI is InChI=1S/C22H25N3O4/c1-27-19-11-15(12-20(28-2)22(19)29-3)14-23-25-21(26)10-6-8-17-13-16-7-4-5-9-18(16)24-17/h4-5,7,9,11-14,24H,6,8,10H2,1-3H3,(H,25,26). The number of ether oxygens (including phenoxy) is 3. The summed E-state index contributed by atoms with van der Waals surface area (Å²) in [6.07, 6.45) is 3.47. The van der Waals surface area contributed by atoms with Gasteiger partial charge in [-0.3, -0.25) is 4.79 Å². The van der Waals surface area contributed by atoms with Gasteiger partial charge in [-0.2, -0.15) is 5.10 Å². The predicted molar refractivity (Wildman–Crippen MR) is 113 cm³/mol. The van der Waals surface area contributed by atoms with Gasteiger partial charge in [0.1, 0.15) is 0 Å². The zero-order valence-electron chi connectivity index (χ0n) is 16.8. The lowest BCUT2D eigenvalue weighted by Crippen LogP contribution is -2.17. The summed E-state index contributed by atoms with van der Waals surface area (Å²) >= 11 is 0. The number of hydrazone groups is 1. The van der Waals surface area contributed by atoms with E-state index in [2.05, 4.69) is 27.6 Å². The van der Waals surface area contributed by atoms with Gasteiger partial charge in [0, 0.05) is 23.2 Å². The zero-order valence-corrected chi connectivity index (χ0v) is 16.8. The number of H-pyrrole nitrogens is 1. The minimum Gasteiger partial charge on any atom is -0.493 e. The molecule has 0 radical (unpaired) electrons. The highest BCUT2D eigenvalue weighted by atomic mass is 16.5. The maximum Gasteiger partial charge on any atom is 0.240 e. The Morgan fingerprint density at radius 2 is 1.79 bits per heavy atom. The van der Waals surface area contributed by atoms with Crippen LogP contribution in [0.15, 0.2) is 47.6 Å². The first-order valence-electron chi connectivity index (χ1n) is 9.33. The number of carbonyl (C=O) groups excluding carboxylic acids is 1. The second-order valence-electron chi connectivity index (χ2n) is 6.49. The smallest absolute Gasteiger partial charge is 0.240 e. The number of benzene rings is 2. The Labute approximate surface area is 169 Å². The molecule has 7 nitrogen and oxygen atoms in total. The molecule has 0 aliphatic rings. The third-order valence-corrected chi connectivity index (χ3v) is 4.53. The van der Waals surface area contributed by atoms with Crippen molar-refractivity contribution in [2.75, 3.05) is 21.3 Å². The normalized spacial score (nSPS) is 11.0. The van der Waals surface area contributed by atoms with E-state index in [1.807, 2.05) is 18.2 Å². The first kappa shape index (κ1) is 20.3. The third-order valence-electron chi connectivity index (χ3n) is 4.53. The molecule has 1 aromatic heterocycles. The summed E-state index contributed by atoms with van der Waals surface area (Å²) in [5.74, 6) is 1.42. The maximum absolute atomic E-state index is 12.0. The van der Waals surface area contributed by atoms with Gasteiger partial charge in [-0.1, -0.05) is 18.2 Å². The van der Waals surface area contributed by atoms with E-state index in [-0.39, 0.29) is 5.91 Å². The Morgan fingerprint density at radius 3 is 2.45 bits per heavy atom. The van der Waals surface area contributed by atoms with Crippen LogP contribution >= 0.6 is 0 Å². The van der Waals surface area contributed by atoms with E-state index in [9.17, 15) is 4.79 Å². The van der Waals surface area contributed by atoms with Crippen LogP contribution in [0.5, 0.6) is 17.2 Å². The number of aromatic nitrogens is 1. The first-order chi connectivity index (χ1) is 14.1. The zero-order chi connectivity index (χ0) is 20.6. The van der Waals surface area contributed by atoms with Crippen LogP contribution in [-0.2, 0) is 11.2 Å². The van der Waals surface area contributed by atoms with Crippen molar-refractivity contribution in [1.82, 2.24) is 10.4 Å². The van der Waals surface area contributed by atoms with E-state index in [1.54, 1.807) is 39.7 Å². The van der Waals surface area contributed by atoms with Crippen molar-refractivity contribution in [2.24, 2.45) is 5.10 Å². The molecule has 0 aliphatic carbocycles. The summed E-state index contributed by atoms with van der Waals surface area (Å²) in [4.78, 5) is 15.4. The molecule has 0 aliphatic heterocycles. The van der Waals surface area contributed by atoms with Gasteiger partial charge >= 0.3 is 0 Å². The molecule has 0 saturated heterocycles. The van der Waals surface area contributed by atoms with Crippen LogP contribution in [0.1, 0.15) is 24.1 Å². The number of nitrogens with zero attached hydrogens (tertiary/aromatic N) is 1. The van der Waals surface area contributed by atoms with Crippen LogP contribution < -0.4 is 19.6 Å². The van der Waals surface area contributed by atoms with Gasteiger partial charge in [0.15, 0.2) is 11.5 Å². The first-order valence-corrected chi connectivity index (χ1v) is 9.33. The van der Waals surface area contributed by atoms with Crippen molar-refractivity contribution in [1.29, 1.82) is 0 Å². The molecule has 0 unspecified atom stereocenters. The van der Waals surface area contributed by atoms with E-state index >= 15 is 0 Å². The third kappa shape index (κ3) is 5.07. The quantitative estimate of drug-likeness (QED) is 0.428. The Kier molecular flexibility index (Phi) is 6.73. The number of hydrogen-bond acceptors (Lipinski definition) is 5. The van der Waals surface area contributed by atoms with E-state index < -0.39 is 0 Å². The number of aromatic amines is 1. The van der Waals surface area contributed by atoms with Crippen LogP contribution in [0.4, 0.5) is 0 Å². The highest BCUT2D eigenvalue weighted by molar-refractivity contribution is 5.84.